The van der Waals surface area contributed by atoms with Crippen molar-refractivity contribution in [2.75, 3.05) is 0 Å². The van der Waals surface area contributed by atoms with Gasteiger partial charge >= 0.3 is 0 Å². The van der Waals surface area contributed by atoms with E-state index in [1.54, 1.807) is 0 Å². The van der Waals surface area contributed by atoms with Crippen molar-refractivity contribution in [1.29, 1.82) is 0 Å². The molecule has 25 heavy (non-hydrogen) atoms. The smallest absolute Gasteiger partial charge is 0.0528 e. The van der Waals surface area contributed by atoms with E-state index in [2.05, 4.69) is 87.5 Å². The minimum atomic E-state index is 0.724. The average Bonchev–Trinajstić information content (AvgIpc) is 3.01. The van der Waals surface area contributed by atoms with E-state index in [-0.39, 0.29) is 0 Å². The number of para-hydroxylation sites is 1. The van der Waals surface area contributed by atoms with Gasteiger partial charge in [-0.3, -0.25) is 0 Å². The minimum Gasteiger partial charge on any atom is -0.323 e. The van der Waals surface area contributed by atoms with Crippen LogP contribution < -0.4 is 0 Å². The first-order valence-corrected chi connectivity index (χ1v) is 9.18. The van der Waals surface area contributed by atoms with Gasteiger partial charge in [0.15, 0.2) is 0 Å². The number of nitrogens with zero attached hydrogens (tertiary/aromatic N) is 1. The highest BCUT2D eigenvalue weighted by atomic mass is 79.9. The molecular weight excluding hydrogens is 394 g/mol. The molecule has 4 rings (SSSR count). The van der Waals surface area contributed by atoms with Gasteiger partial charge in [0.25, 0.3) is 0 Å². The Labute approximate surface area is 160 Å². The van der Waals surface area contributed by atoms with E-state index >= 15 is 0 Å². The Bertz CT molecular complexity index is 1060. The highest BCUT2D eigenvalue weighted by molar-refractivity contribution is 9.10. The SMILES string of the molecule is Clc1ccc(/C=C\n2cc(-c3ccccc3)c3ccccc32)c(Br)c1. The van der Waals surface area contributed by atoms with Crippen molar-refractivity contribution in [1.82, 2.24) is 4.57 Å². The van der Waals surface area contributed by atoms with Gasteiger partial charge in [-0.2, -0.15) is 0 Å². The molecule has 0 spiro atoms. The predicted octanol–water partition coefficient (Wildman–Crippen LogP) is 7.35. The zero-order chi connectivity index (χ0) is 17.2. The van der Waals surface area contributed by atoms with E-state index < -0.39 is 0 Å². The molecule has 4 aromatic rings. The van der Waals surface area contributed by atoms with E-state index in [0.29, 0.717) is 0 Å². The first kappa shape index (κ1) is 16.2. The molecule has 0 unspecified atom stereocenters. The van der Waals surface area contributed by atoms with Crippen LogP contribution in [0.1, 0.15) is 5.56 Å². The molecule has 0 saturated heterocycles. The monoisotopic (exact) mass is 407 g/mol. The number of benzene rings is 3. The summed E-state index contributed by atoms with van der Waals surface area (Å²) in [5.41, 5.74) is 4.72. The topological polar surface area (TPSA) is 4.93 Å². The van der Waals surface area contributed by atoms with Crippen molar-refractivity contribution in [2.24, 2.45) is 0 Å². The maximum absolute atomic E-state index is 6.02. The number of rotatable bonds is 3. The van der Waals surface area contributed by atoms with Crippen molar-refractivity contribution >= 4 is 50.7 Å². The van der Waals surface area contributed by atoms with Gasteiger partial charge in [-0.1, -0.05) is 82.1 Å². The summed E-state index contributed by atoms with van der Waals surface area (Å²) in [6, 6.07) is 24.7. The molecule has 1 heterocycles. The van der Waals surface area contributed by atoms with E-state index in [1.807, 2.05) is 24.3 Å². The fraction of sp³-hybridized carbons (Fsp3) is 0. The summed E-state index contributed by atoms with van der Waals surface area (Å²) in [4.78, 5) is 0. The molecule has 0 radical (unpaired) electrons. The first-order chi connectivity index (χ1) is 12.2. The quantitative estimate of drug-likeness (QED) is 0.334. The van der Waals surface area contributed by atoms with Gasteiger partial charge in [-0.05, 0) is 35.4 Å². The van der Waals surface area contributed by atoms with Gasteiger partial charge < -0.3 is 4.57 Å². The van der Waals surface area contributed by atoms with Crippen LogP contribution in [-0.2, 0) is 0 Å². The van der Waals surface area contributed by atoms with Crippen LogP contribution in [0.5, 0.6) is 0 Å². The predicted molar refractivity (Wildman–Crippen MR) is 112 cm³/mol. The lowest BCUT2D eigenvalue weighted by molar-refractivity contribution is 1.23. The number of hydrogen-bond donors (Lipinski definition) is 0. The molecule has 0 amide bonds. The van der Waals surface area contributed by atoms with Crippen LogP contribution in [0.25, 0.3) is 34.3 Å². The number of fused-ring (bicyclic) bond motifs is 1. The van der Waals surface area contributed by atoms with Crippen molar-refractivity contribution in [3.63, 3.8) is 0 Å². The Morgan fingerprint density at radius 1 is 0.880 bits per heavy atom. The van der Waals surface area contributed by atoms with E-state index in [1.165, 1.54) is 22.0 Å². The van der Waals surface area contributed by atoms with Gasteiger partial charge in [0.05, 0.1) is 5.52 Å². The second-order valence-corrected chi connectivity index (χ2v) is 7.11. The van der Waals surface area contributed by atoms with Gasteiger partial charge in [0, 0.05) is 32.8 Å². The van der Waals surface area contributed by atoms with Crippen LogP contribution in [0.15, 0.2) is 83.5 Å². The Balaban J connectivity index is 1.81. The Kier molecular flexibility index (Phi) is 4.48. The van der Waals surface area contributed by atoms with Gasteiger partial charge in [0.1, 0.15) is 0 Å². The van der Waals surface area contributed by atoms with Crippen LogP contribution in [0.2, 0.25) is 5.02 Å². The average molecular weight is 409 g/mol. The van der Waals surface area contributed by atoms with Crippen molar-refractivity contribution in [2.45, 2.75) is 0 Å². The summed E-state index contributed by atoms with van der Waals surface area (Å²) in [5.74, 6) is 0. The lowest BCUT2D eigenvalue weighted by Crippen LogP contribution is -1.83. The molecule has 0 aliphatic heterocycles. The standard InChI is InChI=1S/C22H15BrClN/c23-21-14-18(24)11-10-17(21)12-13-25-15-20(16-6-2-1-3-7-16)19-8-4-5-9-22(19)25/h1-15H/b13-12-. The molecule has 0 bridgehead atoms. The maximum Gasteiger partial charge on any atom is 0.0528 e. The first-order valence-electron chi connectivity index (χ1n) is 8.00. The molecule has 0 aliphatic carbocycles. The lowest BCUT2D eigenvalue weighted by atomic mass is 10.1. The molecule has 1 aromatic heterocycles. The number of halogens is 2. The molecule has 3 aromatic carbocycles. The Hall–Kier alpha value is -2.29. The molecule has 122 valence electrons. The Morgan fingerprint density at radius 2 is 1.64 bits per heavy atom. The third-order valence-corrected chi connectivity index (χ3v) is 5.12. The molecule has 1 nitrogen and oxygen atoms in total. The van der Waals surface area contributed by atoms with Crippen LogP contribution in [0.3, 0.4) is 0 Å². The zero-order valence-corrected chi connectivity index (χ0v) is 15.7. The molecule has 0 atom stereocenters. The minimum absolute atomic E-state index is 0.724. The molecule has 3 heteroatoms. The van der Waals surface area contributed by atoms with Crippen molar-refractivity contribution < 1.29 is 0 Å². The van der Waals surface area contributed by atoms with Crippen LogP contribution in [-0.4, -0.2) is 4.57 Å². The normalized spacial score (nSPS) is 11.4. The molecule has 0 saturated carbocycles. The van der Waals surface area contributed by atoms with E-state index in [4.69, 9.17) is 11.6 Å². The van der Waals surface area contributed by atoms with E-state index in [0.717, 1.165) is 15.1 Å². The largest absolute Gasteiger partial charge is 0.323 e. The van der Waals surface area contributed by atoms with Crippen molar-refractivity contribution in [3.05, 3.63) is 94.1 Å². The lowest BCUT2D eigenvalue weighted by Gasteiger charge is -2.01. The third kappa shape index (κ3) is 3.28. The highest BCUT2D eigenvalue weighted by Gasteiger charge is 2.08. The Morgan fingerprint density at radius 3 is 2.44 bits per heavy atom. The second kappa shape index (κ2) is 6.91. The fourth-order valence-corrected chi connectivity index (χ4v) is 3.79. The van der Waals surface area contributed by atoms with Crippen LogP contribution in [0, 0.1) is 0 Å². The van der Waals surface area contributed by atoms with Crippen LogP contribution >= 0.6 is 27.5 Å². The second-order valence-electron chi connectivity index (χ2n) is 5.81. The summed E-state index contributed by atoms with van der Waals surface area (Å²) in [6.07, 6.45) is 6.35. The maximum atomic E-state index is 6.02. The van der Waals surface area contributed by atoms with Gasteiger partial charge in [0.2, 0.25) is 0 Å². The van der Waals surface area contributed by atoms with E-state index in [9.17, 15) is 0 Å². The molecule has 0 N–H and O–H groups in total. The highest BCUT2D eigenvalue weighted by Crippen LogP contribution is 2.31. The summed E-state index contributed by atoms with van der Waals surface area (Å²) < 4.78 is 3.15. The van der Waals surface area contributed by atoms with Crippen LogP contribution in [0.4, 0.5) is 0 Å². The third-order valence-electron chi connectivity index (χ3n) is 4.20. The molecule has 0 aliphatic rings. The summed E-state index contributed by atoms with van der Waals surface area (Å²) >= 11 is 9.59. The number of hydrogen-bond acceptors (Lipinski definition) is 0. The summed E-state index contributed by atoms with van der Waals surface area (Å²) in [5, 5.41) is 1.97. The molecular formula is C22H15BrClN. The zero-order valence-electron chi connectivity index (χ0n) is 13.4. The molecule has 0 fully saturated rings. The van der Waals surface area contributed by atoms with Gasteiger partial charge in [-0.15, -0.1) is 0 Å². The number of aromatic nitrogens is 1. The fourth-order valence-electron chi connectivity index (χ4n) is 2.97. The summed E-state index contributed by atoms with van der Waals surface area (Å²) in [7, 11) is 0. The van der Waals surface area contributed by atoms with Gasteiger partial charge in [-0.25, -0.2) is 0 Å². The summed E-state index contributed by atoms with van der Waals surface area (Å²) in [6.45, 7) is 0. The van der Waals surface area contributed by atoms with Crippen molar-refractivity contribution in [3.8, 4) is 11.1 Å².